The van der Waals surface area contributed by atoms with Crippen molar-refractivity contribution in [3.8, 4) is 0 Å². The van der Waals surface area contributed by atoms with E-state index in [2.05, 4.69) is 30.8 Å². The minimum absolute atomic E-state index is 0.0183. The van der Waals surface area contributed by atoms with Gasteiger partial charge in [-0.05, 0) is 50.8 Å². The van der Waals surface area contributed by atoms with Crippen molar-refractivity contribution in [1.29, 1.82) is 0 Å². The number of hydrogen-bond acceptors (Lipinski definition) is 4. The molecule has 1 unspecified atom stereocenters. The molecule has 0 aromatic carbocycles. The van der Waals surface area contributed by atoms with Gasteiger partial charge in [-0.3, -0.25) is 4.79 Å². The molecule has 0 bridgehead atoms. The molecule has 0 aliphatic carbocycles. The quantitative estimate of drug-likeness (QED) is 0.849. The number of piperidine rings is 1. The normalized spacial score (nSPS) is 23.7. The van der Waals surface area contributed by atoms with Crippen molar-refractivity contribution in [1.82, 2.24) is 14.7 Å². The van der Waals surface area contributed by atoms with Crippen LogP contribution in [0.1, 0.15) is 52.1 Å². The maximum Gasteiger partial charge on any atom is 0.266 e. The van der Waals surface area contributed by atoms with Crippen LogP contribution in [-0.2, 0) is 16.7 Å². The predicted octanol–water partition coefficient (Wildman–Crippen LogP) is 2.43. The van der Waals surface area contributed by atoms with Crippen LogP contribution in [0.4, 0.5) is 0 Å². The smallest absolute Gasteiger partial charge is 0.266 e. The molecule has 0 amide bonds. The molecule has 5 heteroatoms. The zero-order valence-electron chi connectivity index (χ0n) is 15.3. The third kappa shape index (κ3) is 4.45. The highest BCUT2D eigenvalue weighted by atomic mass is 16.5. The fourth-order valence-electron chi connectivity index (χ4n) is 3.65. The van der Waals surface area contributed by atoms with Crippen LogP contribution < -0.4 is 5.56 Å². The van der Waals surface area contributed by atoms with Crippen LogP contribution in [0.15, 0.2) is 16.9 Å². The van der Waals surface area contributed by atoms with Crippen LogP contribution in [0.5, 0.6) is 0 Å². The number of ether oxygens (including phenoxy) is 1. The van der Waals surface area contributed by atoms with E-state index in [4.69, 9.17) is 4.74 Å². The summed E-state index contributed by atoms with van der Waals surface area (Å²) in [5.74, 6) is 0.547. The van der Waals surface area contributed by atoms with E-state index in [-0.39, 0.29) is 11.0 Å². The summed E-state index contributed by atoms with van der Waals surface area (Å²) >= 11 is 0. The fourth-order valence-corrected chi connectivity index (χ4v) is 3.65. The first-order valence-corrected chi connectivity index (χ1v) is 9.34. The molecule has 0 N–H and O–H groups in total. The molecule has 1 aromatic heterocycles. The van der Waals surface area contributed by atoms with Crippen LogP contribution in [0.3, 0.4) is 0 Å². The predicted molar refractivity (Wildman–Crippen MR) is 95.3 cm³/mol. The van der Waals surface area contributed by atoms with Crippen LogP contribution in [0.2, 0.25) is 0 Å². The summed E-state index contributed by atoms with van der Waals surface area (Å²) in [4.78, 5) is 14.7. The topological polar surface area (TPSA) is 47.4 Å². The van der Waals surface area contributed by atoms with Gasteiger partial charge in [0.1, 0.15) is 0 Å². The van der Waals surface area contributed by atoms with Crippen molar-refractivity contribution in [2.24, 2.45) is 5.92 Å². The lowest BCUT2D eigenvalue weighted by molar-refractivity contribution is 0.0579. The van der Waals surface area contributed by atoms with Gasteiger partial charge in [0.15, 0.2) is 0 Å². The zero-order valence-corrected chi connectivity index (χ0v) is 15.3. The molecular weight excluding hydrogens is 302 g/mol. The molecule has 1 aromatic rings. The van der Waals surface area contributed by atoms with Crippen LogP contribution >= 0.6 is 0 Å². The molecule has 2 fully saturated rings. The second-order valence-corrected chi connectivity index (χ2v) is 8.37. The van der Waals surface area contributed by atoms with Gasteiger partial charge in [-0.15, -0.1) is 0 Å². The molecule has 2 aliphatic rings. The summed E-state index contributed by atoms with van der Waals surface area (Å²) in [6.07, 6.45) is 5.13. The SMILES string of the molecule is CC(C)(C)c1ccc(=O)n(CC2CCN(CC3CCCO3)CC2)n1. The van der Waals surface area contributed by atoms with E-state index in [1.807, 2.05) is 6.07 Å². The Labute approximate surface area is 145 Å². The molecule has 3 rings (SSSR count). The Morgan fingerprint density at radius 2 is 1.92 bits per heavy atom. The second kappa shape index (κ2) is 7.36. The average molecular weight is 333 g/mol. The van der Waals surface area contributed by atoms with Gasteiger partial charge in [-0.25, -0.2) is 4.68 Å². The summed E-state index contributed by atoms with van der Waals surface area (Å²) < 4.78 is 7.42. The number of hydrogen-bond donors (Lipinski definition) is 0. The summed E-state index contributed by atoms with van der Waals surface area (Å²) in [5, 5.41) is 4.61. The van der Waals surface area contributed by atoms with Crippen LogP contribution in [-0.4, -0.2) is 47.0 Å². The van der Waals surface area contributed by atoms with E-state index in [1.54, 1.807) is 10.7 Å². The third-order valence-corrected chi connectivity index (χ3v) is 5.26. The monoisotopic (exact) mass is 333 g/mol. The fraction of sp³-hybridized carbons (Fsp3) is 0.789. The minimum Gasteiger partial charge on any atom is -0.377 e. The first-order valence-electron chi connectivity index (χ1n) is 9.34. The Hall–Kier alpha value is -1.20. The number of likely N-dealkylation sites (tertiary alicyclic amines) is 1. The lowest BCUT2D eigenvalue weighted by Crippen LogP contribution is -2.40. The van der Waals surface area contributed by atoms with Crippen molar-refractivity contribution in [3.63, 3.8) is 0 Å². The highest BCUT2D eigenvalue weighted by Gasteiger charge is 2.25. The molecule has 0 saturated carbocycles. The molecule has 0 radical (unpaired) electrons. The minimum atomic E-state index is -0.0277. The van der Waals surface area contributed by atoms with Crippen molar-refractivity contribution in [2.45, 2.75) is 64.5 Å². The van der Waals surface area contributed by atoms with Gasteiger partial charge in [0.2, 0.25) is 0 Å². The van der Waals surface area contributed by atoms with Gasteiger partial charge in [-0.2, -0.15) is 5.10 Å². The Morgan fingerprint density at radius 1 is 1.17 bits per heavy atom. The molecule has 5 nitrogen and oxygen atoms in total. The molecule has 2 aliphatic heterocycles. The van der Waals surface area contributed by atoms with Gasteiger partial charge in [0, 0.05) is 31.2 Å². The average Bonchev–Trinajstić information content (AvgIpc) is 3.03. The van der Waals surface area contributed by atoms with Gasteiger partial charge in [0.25, 0.3) is 5.56 Å². The summed E-state index contributed by atoms with van der Waals surface area (Å²) in [7, 11) is 0. The molecule has 24 heavy (non-hydrogen) atoms. The van der Waals surface area contributed by atoms with E-state index in [9.17, 15) is 4.79 Å². The first-order chi connectivity index (χ1) is 11.4. The van der Waals surface area contributed by atoms with Gasteiger partial charge in [0.05, 0.1) is 11.8 Å². The Kier molecular flexibility index (Phi) is 5.40. The number of rotatable bonds is 4. The van der Waals surface area contributed by atoms with E-state index >= 15 is 0 Å². The highest BCUT2D eigenvalue weighted by Crippen LogP contribution is 2.22. The molecule has 0 spiro atoms. The Morgan fingerprint density at radius 3 is 2.54 bits per heavy atom. The second-order valence-electron chi connectivity index (χ2n) is 8.37. The van der Waals surface area contributed by atoms with Crippen LogP contribution in [0.25, 0.3) is 0 Å². The van der Waals surface area contributed by atoms with Crippen molar-refractivity contribution in [2.75, 3.05) is 26.2 Å². The number of nitrogens with zero attached hydrogens (tertiary/aromatic N) is 3. The maximum absolute atomic E-state index is 12.1. The van der Waals surface area contributed by atoms with E-state index in [0.717, 1.165) is 51.3 Å². The van der Waals surface area contributed by atoms with Crippen molar-refractivity contribution >= 4 is 0 Å². The third-order valence-electron chi connectivity index (χ3n) is 5.26. The summed E-state index contributed by atoms with van der Waals surface area (Å²) in [5.41, 5.74) is 0.975. The molecule has 134 valence electrons. The highest BCUT2D eigenvalue weighted by molar-refractivity contribution is 5.10. The van der Waals surface area contributed by atoms with Crippen molar-refractivity contribution < 1.29 is 4.74 Å². The maximum atomic E-state index is 12.1. The van der Waals surface area contributed by atoms with E-state index < -0.39 is 0 Å². The molecule has 3 heterocycles. The molecule has 1 atom stereocenters. The zero-order chi connectivity index (χ0) is 17.2. The lowest BCUT2D eigenvalue weighted by Gasteiger charge is -2.33. The Bertz CT molecular complexity index is 591. The standard InChI is InChI=1S/C19H31N3O2/c1-19(2,3)17-6-7-18(23)22(20-17)13-15-8-10-21(11-9-15)14-16-5-4-12-24-16/h6-7,15-16H,4-5,8-14H2,1-3H3. The largest absolute Gasteiger partial charge is 0.377 e. The molecular formula is C19H31N3O2. The summed E-state index contributed by atoms with van der Waals surface area (Å²) in [6.45, 7) is 11.4. The van der Waals surface area contributed by atoms with E-state index in [1.165, 1.54) is 12.8 Å². The molecule has 2 saturated heterocycles. The van der Waals surface area contributed by atoms with Crippen molar-refractivity contribution in [3.05, 3.63) is 28.2 Å². The van der Waals surface area contributed by atoms with Gasteiger partial charge in [-0.1, -0.05) is 20.8 Å². The van der Waals surface area contributed by atoms with Crippen LogP contribution in [0, 0.1) is 5.92 Å². The van der Waals surface area contributed by atoms with E-state index in [0.29, 0.717) is 12.0 Å². The van der Waals surface area contributed by atoms with Gasteiger partial charge >= 0.3 is 0 Å². The number of aromatic nitrogens is 2. The van der Waals surface area contributed by atoms with Gasteiger partial charge < -0.3 is 9.64 Å². The summed E-state index contributed by atoms with van der Waals surface area (Å²) in [6, 6.07) is 3.53. The Balaban J connectivity index is 1.55. The first kappa shape index (κ1) is 17.6. The lowest BCUT2D eigenvalue weighted by atomic mass is 9.92.